The summed E-state index contributed by atoms with van der Waals surface area (Å²) in [5, 5.41) is 1.73. The second-order valence-electron chi connectivity index (χ2n) is 11.7. The van der Waals surface area contributed by atoms with Crippen molar-refractivity contribution in [2.24, 2.45) is 5.92 Å². The van der Waals surface area contributed by atoms with Crippen LogP contribution in [-0.4, -0.2) is 31.3 Å². The fourth-order valence-electron chi connectivity index (χ4n) is 5.05. The van der Waals surface area contributed by atoms with Gasteiger partial charge in [-0.3, -0.25) is 0 Å². The first-order chi connectivity index (χ1) is 21.4. The van der Waals surface area contributed by atoms with Crippen LogP contribution in [-0.2, 0) is 9.53 Å². The Morgan fingerprint density at radius 3 is 1.84 bits per heavy atom. The van der Waals surface area contributed by atoms with Crippen molar-refractivity contribution >= 4 is 22.7 Å². The molecule has 2 atom stereocenters. The Balaban J connectivity index is 1.44. The standard InChI is InChI=1S/C38H52O6/c1-5-8-10-11-12-13-14-15-25-41-34-21-17-31(18-22-34)38(40)44-36-24-20-32-26-35(23-19-33(32)27-36)43-37(39)29(4)42-28-30(7-3)16-9-6-2/h17-24,26-27,29-30H,5-16,25,28H2,1-4H3/t29-,30-/m0/s1. The van der Waals surface area contributed by atoms with E-state index in [0.29, 0.717) is 36.2 Å². The fraction of sp³-hybridized carbons (Fsp3) is 0.526. The molecule has 3 aromatic rings. The number of esters is 2. The van der Waals surface area contributed by atoms with E-state index >= 15 is 0 Å². The fourth-order valence-corrected chi connectivity index (χ4v) is 5.05. The SMILES string of the molecule is CCCCCCCCCCOc1ccc(C(=O)Oc2ccc3cc(OC(=O)[C@H](C)OC[C@@H](CC)CCCC)ccc3c2)cc1. The lowest BCUT2D eigenvalue weighted by Gasteiger charge is -2.18. The van der Waals surface area contributed by atoms with Crippen LogP contribution in [0.2, 0.25) is 0 Å². The van der Waals surface area contributed by atoms with Gasteiger partial charge in [0.1, 0.15) is 17.2 Å². The van der Waals surface area contributed by atoms with Gasteiger partial charge in [-0.2, -0.15) is 0 Å². The molecule has 6 nitrogen and oxygen atoms in total. The van der Waals surface area contributed by atoms with Crippen molar-refractivity contribution in [3.8, 4) is 17.2 Å². The van der Waals surface area contributed by atoms with Crippen LogP contribution in [0.15, 0.2) is 60.7 Å². The molecule has 0 radical (unpaired) electrons. The van der Waals surface area contributed by atoms with E-state index < -0.39 is 18.0 Å². The molecule has 0 spiro atoms. The maximum Gasteiger partial charge on any atom is 0.343 e. The van der Waals surface area contributed by atoms with Crippen LogP contribution in [0.25, 0.3) is 10.8 Å². The van der Waals surface area contributed by atoms with E-state index in [0.717, 1.165) is 42.2 Å². The highest BCUT2D eigenvalue weighted by atomic mass is 16.6. The molecule has 0 aromatic heterocycles. The van der Waals surface area contributed by atoms with E-state index in [4.69, 9.17) is 18.9 Å². The lowest BCUT2D eigenvalue weighted by molar-refractivity contribution is -0.147. The average Bonchev–Trinajstić information content (AvgIpc) is 3.04. The number of unbranched alkanes of at least 4 members (excludes halogenated alkanes) is 8. The van der Waals surface area contributed by atoms with Crippen molar-refractivity contribution in [1.29, 1.82) is 0 Å². The van der Waals surface area contributed by atoms with Gasteiger partial charge < -0.3 is 18.9 Å². The van der Waals surface area contributed by atoms with Crippen molar-refractivity contribution in [1.82, 2.24) is 0 Å². The zero-order valence-electron chi connectivity index (χ0n) is 27.3. The maximum absolute atomic E-state index is 12.8. The van der Waals surface area contributed by atoms with Gasteiger partial charge in [0.2, 0.25) is 0 Å². The molecule has 0 heterocycles. The van der Waals surface area contributed by atoms with Crippen LogP contribution >= 0.6 is 0 Å². The highest BCUT2D eigenvalue weighted by Crippen LogP contribution is 2.26. The third-order valence-corrected chi connectivity index (χ3v) is 8.03. The van der Waals surface area contributed by atoms with Crippen molar-refractivity contribution in [3.63, 3.8) is 0 Å². The predicted molar refractivity (Wildman–Crippen MR) is 178 cm³/mol. The number of rotatable bonds is 21. The quantitative estimate of drug-likeness (QED) is 0.0684. The van der Waals surface area contributed by atoms with Gasteiger partial charge in [-0.05, 0) is 85.0 Å². The summed E-state index contributed by atoms with van der Waals surface area (Å²) in [7, 11) is 0. The van der Waals surface area contributed by atoms with E-state index in [2.05, 4.69) is 20.8 Å². The zero-order valence-corrected chi connectivity index (χ0v) is 27.3. The Labute approximate surface area is 264 Å². The zero-order chi connectivity index (χ0) is 31.6. The van der Waals surface area contributed by atoms with Gasteiger partial charge in [-0.15, -0.1) is 0 Å². The van der Waals surface area contributed by atoms with Gasteiger partial charge in [-0.1, -0.05) is 97.1 Å². The summed E-state index contributed by atoms with van der Waals surface area (Å²) < 4.78 is 22.9. The number of fused-ring (bicyclic) bond motifs is 1. The largest absolute Gasteiger partial charge is 0.494 e. The van der Waals surface area contributed by atoms with Gasteiger partial charge in [0.15, 0.2) is 6.10 Å². The third kappa shape index (κ3) is 12.3. The van der Waals surface area contributed by atoms with Crippen molar-refractivity contribution in [2.75, 3.05) is 13.2 Å². The number of hydrogen-bond donors (Lipinski definition) is 0. The maximum atomic E-state index is 12.8. The molecule has 0 saturated carbocycles. The van der Waals surface area contributed by atoms with Gasteiger partial charge >= 0.3 is 11.9 Å². The Bertz CT molecular complexity index is 1270. The summed E-state index contributed by atoms with van der Waals surface area (Å²) in [6.45, 7) is 9.55. The first kappa shape index (κ1) is 35.1. The second-order valence-corrected chi connectivity index (χ2v) is 11.7. The number of hydrogen-bond acceptors (Lipinski definition) is 6. The molecule has 0 saturated heterocycles. The minimum atomic E-state index is -0.640. The van der Waals surface area contributed by atoms with Gasteiger partial charge in [0, 0.05) is 0 Å². The Kier molecular flexibility index (Phi) is 15.8. The van der Waals surface area contributed by atoms with Gasteiger partial charge in [0.05, 0.1) is 18.8 Å². The van der Waals surface area contributed by atoms with Crippen LogP contribution in [0.1, 0.15) is 115 Å². The molecular formula is C38H52O6. The lowest BCUT2D eigenvalue weighted by Crippen LogP contribution is -2.28. The Hall–Kier alpha value is -3.38. The molecule has 0 unspecified atom stereocenters. The molecule has 6 heteroatoms. The molecule has 0 aliphatic heterocycles. The van der Waals surface area contributed by atoms with E-state index in [9.17, 15) is 9.59 Å². The Morgan fingerprint density at radius 1 is 0.659 bits per heavy atom. The normalized spacial score (nSPS) is 12.5. The molecule has 0 amide bonds. The number of ether oxygens (including phenoxy) is 4. The summed E-state index contributed by atoms with van der Waals surface area (Å²) in [4.78, 5) is 25.4. The molecule has 0 bridgehead atoms. The number of carbonyl (C=O) groups is 2. The van der Waals surface area contributed by atoms with E-state index in [-0.39, 0.29) is 0 Å². The molecule has 0 aliphatic rings. The minimum absolute atomic E-state index is 0.412. The smallest absolute Gasteiger partial charge is 0.343 e. The average molecular weight is 605 g/mol. The molecule has 3 rings (SSSR count). The summed E-state index contributed by atoms with van der Waals surface area (Å²) in [5.41, 5.74) is 0.457. The van der Waals surface area contributed by atoms with Crippen molar-refractivity contribution < 1.29 is 28.5 Å². The topological polar surface area (TPSA) is 71.1 Å². The van der Waals surface area contributed by atoms with E-state index in [1.807, 2.05) is 24.3 Å². The highest BCUT2D eigenvalue weighted by molar-refractivity contribution is 5.92. The first-order valence-electron chi connectivity index (χ1n) is 16.8. The molecule has 0 aliphatic carbocycles. The van der Waals surface area contributed by atoms with Gasteiger partial charge in [-0.25, -0.2) is 9.59 Å². The van der Waals surface area contributed by atoms with Crippen LogP contribution in [0.3, 0.4) is 0 Å². The third-order valence-electron chi connectivity index (χ3n) is 8.03. The van der Waals surface area contributed by atoms with E-state index in [1.165, 1.54) is 51.4 Å². The predicted octanol–water partition coefficient (Wildman–Crippen LogP) is 10.1. The molecule has 240 valence electrons. The second kappa shape index (κ2) is 19.8. The summed E-state index contributed by atoms with van der Waals surface area (Å²) in [6, 6.07) is 17.8. The first-order valence-corrected chi connectivity index (χ1v) is 16.8. The summed E-state index contributed by atoms with van der Waals surface area (Å²) in [6.07, 6.45) is 13.9. The summed E-state index contributed by atoms with van der Waals surface area (Å²) >= 11 is 0. The van der Waals surface area contributed by atoms with Crippen molar-refractivity contribution in [3.05, 3.63) is 66.2 Å². The molecule has 0 fully saturated rings. The summed E-state index contributed by atoms with van der Waals surface area (Å²) in [5.74, 6) is 1.26. The monoisotopic (exact) mass is 604 g/mol. The van der Waals surface area contributed by atoms with Crippen LogP contribution in [0, 0.1) is 5.92 Å². The molecule has 44 heavy (non-hydrogen) atoms. The molecule has 3 aromatic carbocycles. The van der Waals surface area contributed by atoms with Crippen molar-refractivity contribution in [2.45, 2.75) is 111 Å². The Morgan fingerprint density at radius 2 is 1.23 bits per heavy atom. The number of carbonyl (C=O) groups excluding carboxylic acids is 2. The van der Waals surface area contributed by atoms with Crippen LogP contribution in [0.5, 0.6) is 17.2 Å². The minimum Gasteiger partial charge on any atom is -0.494 e. The van der Waals surface area contributed by atoms with Crippen LogP contribution in [0.4, 0.5) is 0 Å². The van der Waals surface area contributed by atoms with Crippen LogP contribution < -0.4 is 14.2 Å². The number of benzene rings is 3. The molecular weight excluding hydrogens is 552 g/mol. The lowest BCUT2D eigenvalue weighted by atomic mass is 10.0. The molecule has 0 N–H and O–H groups in total. The van der Waals surface area contributed by atoms with E-state index in [1.54, 1.807) is 43.3 Å². The van der Waals surface area contributed by atoms with Gasteiger partial charge in [0.25, 0.3) is 0 Å². The highest BCUT2D eigenvalue weighted by Gasteiger charge is 2.18.